The molecule has 0 aliphatic heterocycles. The van der Waals surface area contributed by atoms with E-state index in [0.29, 0.717) is 21.6 Å². The Morgan fingerprint density at radius 3 is 2.65 bits per heavy atom. The molecule has 3 rings (SSSR count). The molecular weight excluding hydrogens is 344 g/mol. The van der Waals surface area contributed by atoms with Crippen LogP contribution in [-0.2, 0) is 0 Å². The van der Waals surface area contributed by atoms with Gasteiger partial charge in [0, 0.05) is 9.50 Å². The van der Waals surface area contributed by atoms with E-state index >= 15 is 0 Å². The molecule has 0 bridgehead atoms. The molecule has 100 valence electrons. The molecule has 0 fully saturated rings. The van der Waals surface area contributed by atoms with Crippen LogP contribution in [0.5, 0.6) is 0 Å². The lowest BCUT2D eigenvalue weighted by Gasteiger charge is -2.10. The molecule has 3 aromatic rings. The number of nitrogens with zero attached hydrogens (tertiary/aromatic N) is 1. The first-order valence-corrected chi connectivity index (χ1v) is 6.94. The third-order valence-corrected chi connectivity index (χ3v) is 3.66. The number of halogens is 2. The Balaban J connectivity index is 2.49. The van der Waals surface area contributed by atoms with Gasteiger partial charge in [0.25, 0.3) is 5.56 Å². The van der Waals surface area contributed by atoms with Gasteiger partial charge in [-0.1, -0.05) is 33.6 Å². The Labute approximate surface area is 126 Å². The van der Waals surface area contributed by atoms with Crippen LogP contribution in [0.15, 0.2) is 56.5 Å². The predicted octanol–water partition coefficient (Wildman–Crippen LogP) is 3.09. The quantitative estimate of drug-likeness (QED) is 0.732. The zero-order valence-electron chi connectivity index (χ0n) is 10.1. The second-order valence-electron chi connectivity index (χ2n) is 4.24. The van der Waals surface area contributed by atoms with Crippen LogP contribution in [-0.4, -0.2) is 9.55 Å². The van der Waals surface area contributed by atoms with Gasteiger partial charge < -0.3 is 0 Å². The highest BCUT2D eigenvalue weighted by Crippen LogP contribution is 2.20. The molecule has 0 atom stereocenters. The number of benzene rings is 2. The van der Waals surface area contributed by atoms with E-state index in [1.54, 1.807) is 30.3 Å². The molecule has 1 N–H and O–H groups in total. The lowest BCUT2D eigenvalue weighted by atomic mass is 10.2. The molecule has 0 spiro atoms. The third kappa shape index (κ3) is 2.19. The first-order chi connectivity index (χ1) is 9.56. The van der Waals surface area contributed by atoms with Crippen LogP contribution < -0.4 is 11.2 Å². The minimum atomic E-state index is -0.497. The molecule has 4 nitrogen and oxygen atoms in total. The van der Waals surface area contributed by atoms with E-state index in [2.05, 4.69) is 20.9 Å². The number of hydrogen-bond donors (Lipinski definition) is 1. The average molecular weight is 352 g/mol. The van der Waals surface area contributed by atoms with Gasteiger partial charge in [-0.05, 0) is 36.4 Å². The average Bonchev–Trinajstić information content (AvgIpc) is 2.38. The van der Waals surface area contributed by atoms with Crippen molar-refractivity contribution in [2.45, 2.75) is 0 Å². The molecule has 0 aliphatic rings. The summed E-state index contributed by atoms with van der Waals surface area (Å²) in [4.78, 5) is 26.3. The fourth-order valence-electron chi connectivity index (χ4n) is 2.08. The largest absolute Gasteiger partial charge is 0.333 e. The van der Waals surface area contributed by atoms with Gasteiger partial charge in [-0.2, -0.15) is 0 Å². The number of rotatable bonds is 1. The van der Waals surface area contributed by atoms with Crippen molar-refractivity contribution in [3.05, 3.63) is 72.8 Å². The van der Waals surface area contributed by atoms with Gasteiger partial charge in [0.05, 0.1) is 16.6 Å². The number of aromatic nitrogens is 2. The number of aromatic amines is 1. The lowest BCUT2D eigenvalue weighted by molar-refractivity contribution is 0.942. The summed E-state index contributed by atoms with van der Waals surface area (Å²) in [6, 6.07) is 12.1. The molecular formula is C14H8BrClN2O2. The normalized spacial score (nSPS) is 10.9. The monoisotopic (exact) mass is 350 g/mol. The zero-order valence-corrected chi connectivity index (χ0v) is 12.4. The molecule has 2 aromatic carbocycles. The van der Waals surface area contributed by atoms with Crippen molar-refractivity contribution in [3.8, 4) is 5.69 Å². The van der Waals surface area contributed by atoms with Crippen molar-refractivity contribution in [2.24, 2.45) is 0 Å². The Kier molecular flexibility index (Phi) is 3.23. The van der Waals surface area contributed by atoms with Gasteiger partial charge in [-0.3, -0.25) is 14.3 Å². The smallest absolute Gasteiger partial charge is 0.273 e. The first kappa shape index (κ1) is 13.1. The van der Waals surface area contributed by atoms with E-state index in [4.69, 9.17) is 11.6 Å². The third-order valence-electron chi connectivity index (χ3n) is 2.94. The summed E-state index contributed by atoms with van der Waals surface area (Å²) in [5, 5.41) is 0.875. The van der Waals surface area contributed by atoms with Crippen LogP contribution in [0.3, 0.4) is 0 Å². The SMILES string of the molecule is O=c1[nH]c(=O)n(-c2cccc(Br)c2)c2cc(Cl)ccc12. The van der Waals surface area contributed by atoms with Crippen LogP contribution in [0.25, 0.3) is 16.6 Å². The van der Waals surface area contributed by atoms with E-state index in [-0.39, 0.29) is 0 Å². The molecule has 0 aliphatic carbocycles. The number of nitrogens with one attached hydrogen (secondary N) is 1. The number of hydrogen-bond acceptors (Lipinski definition) is 2. The van der Waals surface area contributed by atoms with Gasteiger partial charge in [0.2, 0.25) is 0 Å². The topological polar surface area (TPSA) is 54.9 Å². The highest BCUT2D eigenvalue weighted by atomic mass is 79.9. The van der Waals surface area contributed by atoms with Gasteiger partial charge in [0.15, 0.2) is 0 Å². The molecule has 0 amide bonds. The molecule has 1 heterocycles. The molecule has 0 saturated heterocycles. The van der Waals surface area contributed by atoms with E-state index in [9.17, 15) is 9.59 Å². The van der Waals surface area contributed by atoms with Crippen molar-refractivity contribution in [2.75, 3.05) is 0 Å². The molecule has 6 heteroatoms. The van der Waals surface area contributed by atoms with Gasteiger partial charge in [-0.25, -0.2) is 4.79 Å². The maximum absolute atomic E-state index is 12.1. The van der Waals surface area contributed by atoms with Crippen molar-refractivity contribution >= 4 is 38.4 Å². The van der Waals surface area contributed by atoms with E-state index in [1.807, 2.05) is 12.1 Å². The summed E-state index contributed by atoms with van der Waals surface area (Å²) in [5.74, 6) is 0. The lowest BCUT2D eigenvalue weighted by Crippen LogP contribution is -2.29. The Morgan fingerprint density at radius 1 is 1.10 bits per heavy atom. The minimum absolute atomic E-state index is 0.411. The fourth-order valence-corrected chi connectivity index (χ4v) is 2.64. The first-order valence-electron chi connectivity index (χ1n) is 5.77. The Morgan fingerprint density at radius 2 is 1.90 bits per heavy atom. The van der Waals surface area contributed by atoms with Crippen molar-refractivity contribution in [1.82, 2.24) is 9.55 Å². The van der Waals surface area contributed by atoms with E-state index < -0.39 is 11.2 Å². The van der Waals surface area contributed by atoms with Gasteiger partial charge >= 0.3 is 5.69 Å². The minimum Gasteiger partial charge on any atom is -0.273 e. The molecule has 1 aromatic heterocycles. The second-order valence-corrected chi connectivity index (χ2v) is 5.59. The molecule has 0 saturated carbocycles. The summed E-state index contributed by atoms with van der Waals surface area (Å²) in [6.45, 7) is 0. The highest BCUT2D eigenvalue weighted by molar-refractivity contribution is 9.10. The molecule has 20 heavy (non-hydrogen) atoms. The van der Waals surface area contributed by atoms with E-state index in [1.165, 1.54) is 4.57 Å². The van der Waals surface area contributed by atoms with Crippen LogP contribution in [0.1, 0.15) is 0 Å². The van der Waals surface area contributed by atoms with Gasteiger partial charge in [-0.15, -0.1) is 0 Å². The van der Waals surface area contributed by atoms with Crippen molar-refractivity contribution in [3.63, 3.8) is 0 Å². The van der Waals surface area contributed by atoms with Crippen LogP contribution in [0.2, 0.25) is 5.02 Å². The summed E-state index contributed by atoms with van der Waals surface area (Å²) < 4.78 is 2.26. The highest BCUT2D eigenvalue weighted by Gasteiger charge is 2.09. The Bertz CT molecular complexity index is 930. The summed E-state index contributed by atoms with van der Waals surface area (Å²) >= 11 is 9.34. The Hall–Kier alpha value is -1.85. The number of fused-ring (bicyclic) bond motifs is 1. The molecule has 0 radical (unpaired) electrons. The summed E-state index contributed by atoms with van der Waals surface area (Å²) in [6.07, 6.45) is 0. The standard InChI is InChI=1S/C14H8BrClN2O2/c15-8-2-1-3-10(6-8)18-12-7-9(16)4-5-11(12)13(19)17-14(18)20/h1-7H,(H,17,19,20). The van der Waals surface area contributed by atoms with Crippen molar-refractivity contribution < 1.29 is 0 Å². The predicted molar refractivity (Wildman–Crippen MR) is 82.9 cm³/mol. The van der Waals surface area contributed by atoms with Crippen molar-refractivity contribution in [1.29, 1.82) is 0 Å². The summed E-state index contributed by atoms with van der Waals surface area (Å²) in [5.41, 5.74) is 0.202. The van der Waals surface area contributed by atoms with E-state index in [0.717, 1.165) is 4.47 Å². The second kappa shape index (κ2) is 4.92. The van der Waals surface area contributed by atoms with Crippen LogP contribution >= 0.6 is 27.5 Å². The maximum atomic E-state index is 12.1. The van der Waals surface area contributed by atoms with Crippen LogP contribution in [0, 0.1) is 0 Å². The molecule has 0 unspecified atom stereocenters. The van der Waals surface area contributed by atoms with Gasteiger partial charge in [0.1, 0.15) is 0 Å². The fraction of sp³-hybridized carbons (Fsp3) is 0. The van der Waals surface area contributed by atoms with Crippen LogP contribution in [0.4, 0.5) is 0 Å². The maximum Gasteiger partial charge on any atom is 0.333 e. The summed E-state index contributed by atoms with van der Waals surface area (Å²) in [7, 11) is 0. The number of H-pyrrole nitrogens is 1. The zero-order chi connectivity index (χ0) is 14.3.